The molecule has 0 radical (unpaired) electrons. The molecule has 5 rings (SSSR count). The number of ketones is 1. The summed E-state index contributed by atoms with van der Waals surface area (Å²) < 4.78 is 3.18. The van der Waals surface area contributed by atoms with Gasteiger partial charge in [0.25, 0.3) is 11.1 Å². The van der Waals surface area contributed by atoms with Gasteiger partial charge in [0.15, 0.2) is 5.78 Å². The van der Waals surface area contributed by atoms with Crippen LogP contribution in [0.1, 0.15) is 32.9 Å². The van der Waals surface area contributed by atoms with Gasteiger partial charge in [-0.15, -0.1) is 0 Å². The summed E-state index contributed by atoms with van der Waals surface area (Å²) in [7, 11) is 0. The van der Waals surface area contributed by atoms with E-state index in [1.54, 1.807) is 18.2 Å². The highest BCUT2D eigenvalue weighted by atomic mass is 79.9. The van der Waals surface area contributed by atoms with Gasteiger partial charge in [0.1, 0.15) is 0 Å². The van der Waals surface area contributed by atoms with E-state index in [9.17, 15) is 14.4 Å². The number of benzene rings is 3. The van der Waals surface area contributed by atoms with Crippen molar-refractivity contribution in [2.45, 2.75) is 20.8 Å². The number of fused-ring (bicyclic) bond motifs is 1. The number of hydrogen-bond acceptors (Lipinski definition) is 4. The lowest BCUT2D eigenvalue weighted by Gasteiger charge is -2.14. The van der Waals surface area contributed by atoms with Gasteiger partial charge in [-0.25, -0.2) is 0 Å². The van der Waals surface area contributed by atoms with Crippen LogP contribution in [0.25, 0.3) is 22.5 Å². The Bertz CT molecular complexity index is 1580. The molecule has 5 nitrogen and oxygen atoms in total. The van der Waals surface area contributed by atoms with Gasteiger partial charge < -0.3 is 4.57 Å². The Labute approximate surface area is 221 Å². The van der Waals surface area contributed by atoms with Crippen molar-refractivity contribution in [2.24, 2.45) is 0 Å². The van der Waals surface area contributed by atoms with E-state index in [4.69, 9.17) is 0 Å². The number of carbonyl (C=O) groups is 3. The fraction of sp³-hybridized carbons (Fsp3) is 0.138. The van der Waals surface area contributed by atoms with Crippen molar-refractivity contribution in [2.75, 3.05) is 6.54 Å². The third-order valence-corrected chi connectivity index (χ3v) is 7.99. The average molecular weight is 559 g/mol. The van der Waals surface area contributed by atoms with Crippen molar-refractivity contribution in [3.8, 4) is 5.69 Å². The summed E-state index contributed by atoms with van der Waals surface area (Å²) in [4.78, 5) is 39.7. The summed E-state index contributed by atoms with van der Waals surface area (Å²) in [5, 5.41) is 1.79. The minimum atomic E-state index is -0.440. The zero-order valence-electron chi connectivity index (χ0n) is 20.0. The third kappa shape index (κ3) is 4.33. The number of aromatic nitrogens is 1. The normalized spacial score (nSPS) is 14.9. The Morgan fingerprint density at radius 2 is 1.64 bits per heavy atom. The van der Waals surface area contributed by atoms with Crippen molar-refractivity contribution in [3.63, 3.8) is 0 Å². The topological polar surface area (TPSA) is 59.4 Å². The molecule has 2 heterocycles. The predicted molar refractivity (Wildman–Crippen MR) is 149 cm³/mol. The molecule has 180 valence electrons. The minimum absolute atomic E-state index is 0.265. The molecule has 1 fully saturated rings. The summed E-state index contributed by atoms with van der Waals surface area (Å²) in [6, 6.07) is 21.4. The largest absolute Gasteiger partial charge is 0.317 e. The van der Waals surface area contributed by atoms with Gasteiger partial charge in [-0.1, -0.05) is 70.0 Å². The molecule has 0 aliphatic carbocycles. The molecule has 0 atom stereocenters. The highest BCUT2D eigenvalue weighted by molar-refractivity contribution is 9.10. The third-order valence-electron chi connectivity index (χ3n) is 6.39. The second-order valence-electron chi connectivity index (χ2n) is 8.83. The van der Waals surface area contributed by atoms with E-state index < -0.39 is 11.1 Å². The number of hydrogen-bond donors (Lipinski definition) is 0. The molecule has 0 bridgehead atoms. The van der Waals surface area contributed by atoms with Crippen LogP contribution >= 0.6 is 27.7 Å². The maximum atomic E-state index is 13.1. The van der Waals surface area contributed by atoms with Crippen molar-refractivity contribution < 1.29 is 14.4 Å². The lowest BCUT2D eigenvalue weighted by molar-refractivity contribution is -0.122. The standard InChI is InChI=1S/C29H23BrN2O3S/c1-17-8-10-20(11-9-17)26(33)16-31-28(34)27(36-29(31)35)15-21-14-18(2)32(19(21)3)25-13-12-24(30)22-6-4-5-7-23(22)25/h4-15H,16H2,1-3H3/b27-15-. The number of Topliss-reactive ketones (excluding diaryl/α,β-unsaturated/α-hetero) is 1. The summed E-state index contributed by atoms with van der Waals surface area (Å²) in [5.74, 6) is -0.705. The molecule has 0 N–H and O–H groups in total. The minimum Gasteiger partial charge on any atom is -0.317 e. The van der Waals surface area contributed by atoms with Crippen molar-refractivity contribution in [3.05, 3.63) is 104 Å². The number of amides is 2. The van der Waals surface area contributed by atoms with Gasteiger partial charge in [-0.05, 0) is 67.8 Å². The van der Waals surface area contributed by atoms with E-state index in [1.807, 2.05) is 57.2 Å². The van der Waals surface area contributed by atoms with Crippen molar-refractivity contribution in [1.29, 1.82) is 0 Å². The second kappa shape index (κ2) is 9.56. The number of carbonyl (C=O) groups excluding carboxylic acids is 3. The van der Waals surface area contributed by atoms with Crippen LogP contribution in [-0.2, 0) is 4.79 Å². The summed E-state index contributed by atoms with van der Waals surface area (Å²) in [6.45, 7) is 5.69. The summed E-state index contributed by atoms with van der Waals surface area (Å²) >= 11 is 4.51. The average Bonchev–Trinajstić information content (AvgIpc) is 3.29. The van der Waals surface area contributed by atoms with Gasteiger partial charge in [0, 0.05) is 26.8 Å². The Morgan fingerprint density at radius 3 is 2.36 bits per heavy atom. The number of thioether (sulfide) groups is 1. The van der Waals surface area contributed by atoms with Crippen LogP contribution < -0.4 is 0 Å². The number of nitrogens with zero attached hydrogens (tertiary/aromatic N) is 2. The first-order valence-corrected chi connectivity index (χ1v) is 13.1. The molecule has 0 saturated carbocycles. The molecule has 3 aromatic carbocycles. The van der Waals surface area contributed by atoms with E-state index in [0.29, 0.717) is 10.5 Å². The number of rotatable bonds is 5. The monoisotopic (exact) mass is 558 g/mol. The molecule has 0 spiro atoms. The van der Waals surface area contributed by atoms with Gasteiger partial charge in [0.2, 0.25) is 0 Å². The van der Waals surface area contributed by atoms with Crippen LogP contribution in [0.3, 0.4) is 0 Å². The molecule has 2 amide bonds. The van der Waals surface area contributed by atoms with Crippen LogP contribution in [0, 0.1) is 20.8 Å². The van der Waals surface area contributed by atoms with E-state index in [0.717, 1.165) is 60.1 Å². The number of halogens is 1. The molecule has 36 heavy (non-hydrogen) atoms. The summed E-state index contributed by atoms with van der Waals surface area (Å²) in [6.07, 6.45) is 1.75. The zero-order valence-corrected chi connectivity index (χ0v) is 22.4. The van der Waals surface area contributed by atoms with E-state index in [2.05, 4.69) is 38.7 Å². The Hall–Kier alpha value is -3.42. The van der Waals surface area contributed by atoms with Crippen LogP contribution in [0.15, 0.2) is 76.1 Å². The fourth-order valence-corrected chi connectivity index (χ4v) is 5.80. The fourth-order valence-electron chi connectivity index (χ4n) is 4.50. The van der Waals surface area contributed by atoms with E-state index in [1.165, 1.54) is 0 Å². The Morgan fingerprint density at radius 1 is 0.944 bits per heavy atom. The smallest absolute Gasteiger partial charge is 0.293 e. The van der Waals surface area contributed by atoms with Crippen LogP contribution in [0.5, 0.6) is 0 Å². The predicted octanol–water partition coefficient (Wildman–Crippen LogP) is 7.24. The molecule has 1 aliphatic heterocycles. The van der Waals surface area contributed by atoms with Crippen molar-refractivity contribution >= 4 is 61.5 Å². The van der Waals surface area contributed by atoms with Crippen LogP contribution in [-0.4, -0.2) is 32.9 Å². The molecule has 1 aliphatic rings. The molecular weight excluding hydrogens is 536 g/mol. The first-order valence-electron chi connectivity index (χ1n) is 11.5. The maximum Gasteiger partial charge on any atom is 0.293 e. The number of imide groups is 1. The first-order chi connectivity index (χ1) is 17.2. The second-order valence-corrected chi connectivity index (χ2v) is 10.7. The molecule has 0 unspecified atom stereocenters. The zero-order chi connectivity index (χ0) is 25.6. The maximum absolute atomic E-state index is 13.1. The van der Waals surface area contributed by atoms with Crippen molar-refractivity contribution in [1.82, 2.24) is 9.47 Å². The van der Waals surface area contributed by atoms with Gasteiger partial charge in [-0.2, -0.15) is 0 Å². The number of aryl methyl sites for hydroxylation is 2. The van der Waals surface area contributed by atoms with E-state index >= 15 is 0 Å². The molecule has 7 heteroatoms. The summed E-state index contributed by atoms with van der Waals surface area (Å²) in [5.41, 5.74) is 5.39. The molecule has 1 saturated heterocycles. The quantitative estimate of drug-likeness (QED) is 0.191. The highest BCUT2D eigenvalue weighted by Gasteiger charge is 2.36. The molecular formula is C29H23BrN2O3S. The van der Waals surface area contributed by atoms with Gasteiger partial charge in [-0.3, -0.25) is 19.3 Å². The SMILES string of the molecule is Cc1ccc(C(=O)CN2C(=O)S/C(=C\c3cc(C)n(-c4ccc(Br)c5ccccc45)c3C)C2=O)cc1. The van der Waals surface area contributed by atoms with Gasteiger partial charge in [0.05, 0.1) is 17.1 Å². The van der Waals surface area contributed by atoms with Crippen LogP contribution in [0.2, 0.25) is 0 Å². The highest BCUT2D eigenvalue weighted by Crippen LogP contribution is 2.35. The lowest BCUT2D eigenvalue weighted by atomic mass is 10.1. The molecule has 4 aromatic rings. The van der Waals surface area contributed by atoms with Crippen LogP contribution in [0.4, 0.5) is 4.79 Å². The molecule has 1 aromatic heterocycles. The Kier molecular flexibility index (Phi) is 6.45. The Balaban J connectivity index is 1.46. The van der Waals surface area contributed by atoms with Gasteiger partial charge >= 0.3 is 0 Å². The lowest BCUT2D eigenvalue weighted by Crippen LogP contribution is -2.33. The van der Waals surface area contributed by atoms with E-state index in [-0.39, 0.29) is 12.3 Å². The first kappa shape index (κ1) is 24.3.